The number of nitrogens with zero attached hydrogens (tertiary/aromatic N) is 1. The van der Waals surface area contributed by atoms with Crippen LogP contribution in [0.2, 0.25) is 0 Å². The average Bonchev–Trinajstić information content (AvgIpc) is 3.22. The summed E-state index contributed by atoms with van der Waals surface area (Å²) in [6.45, 7) is 6.02. The monoisotopic (exact) mass is 374 g/mol. The fraction of sp³-hybridized carbons (Fsp3) is 0.421. The van der Waals surface area contributed by atoms with Crippen molar-refractivity contribution in [2.45, 2.75) is 39.6 Å². The number of amides is 3. The number of hydrogen-bond acceptors (Lipinski definition) is 6. The van der Waals surface area contributed by atoms with Crippen molar-refractivity contribution >= 4 is 28.9 Å². The molecule has 3 amide bonds. The van der Waals surface area contributed by atoms with Gasteiger partial charge >= 0.3 is 12.0 Å². The number of imide groups is 1. The van der Waals surface area contributed by atoms with Crippen molar-refractivity contribution in [3.05, 3.63) is 35.6 Å². The Morgan fingerprint density at radius 1 is 1.26 bits per heavy atom. The lowest BCUT2D eigenvalue weighted by Crippen LogP contribution is -2.41. The van der Waals surface area contributed by atoms with E-state index in [2.05, 4.69) is 5.32 Å². The summed E-state index contributed by atoms with van der Waals surface area (Å²) in [5.74, 6) is -1.34. The Balaban J connectivity index is 1.81. The van der Waals surface area contributed by atoms with Crippen LogP contribution in [-0.4, -0.2) is 48.1 Å². The summed E-state index contributed by atoms with van der Waals surface area (Å²) in [5.41, 5.74) is 1.10. The van der Waals surface area contributed by atoms with Crippen LogP contribution in [0.25, 0.3) is 11.0 Å². The van der Waals surface area contributed by atoms with Gasteiger partial charge in [-0.25, -0.2) is 9.59 Å². The number of benzene rings is 1. The fourth-order valence-corrected chi connectivity index (χ4v) is 2.82. The molecule has 1 saturated heterocycles. The summed E-state index contributed by atoms with van der Waals surface area (Å²) in [4.78, 5) is 37.6. The third-order valence-electron chi connectivity index (χ3n) is 4.20. The number of carbonyl (C=O) groups is 3. The minimum absolute atomic E-state index is 0.00220. The van der Waals surface area contributed by atoms with Gasteiger partial charge in [-0.3, -0.25) is 9.69 Å². The molecule has 1 aliphatic rings. The first-order chi connectivity index (χ1) is 12.9. The van der Waals surface area contributed by atoms with Crippen molar-refractivity contribution in [2.24, 2.45) is 0 Å². The van der Waals surface area contributed by atoms with Gasteiger partial charge in [0.25, 0.3) is 5.91 Å². The van der Waals surface area contributed by atoms with E-state index in [1.165, 1.54) is 6.92 Å². The third-order valence-corrected chi connectivity index (χ3v) is 4.20. The quantitative estimate of drug-likeness (QED) is 0.780. The van der Waals surface area contributed by atoms with Gasteiger partial charge in [-0.05, 0) is 26.8 Å². The molecule has 0 bridgehead atoms. The van der Waals surface area contributed by atoms with E-state index in [0.29, 0.717) is 17.7 Å². The minimum Gasteiger partial charge on any atom is -0.449 e. The molecule has 144 valence electrons. The predicted molar refractivity (Wildman–Crippen MR) is 96.1 cm³/mol. The molecule has 1 aliphatic heterocycles. The van der Waals surface area contributed by atoms with Crippen molar-refractivity contribution in [3.63, 3.8) is 0 Å². The van der Waals surface area contributed by atoms with E-state index in [-0.39, 0.29) is 25.0 Å². The lowest BCUT2D eigenvalue weighted by molar-refractivity contribution is -0.136. The highest BCUT2D eigenvalue weighted by molar-refractivity contribution is 6.00. The SMILES string of the molecule is CC(C)OCc1c(C(=O)OC(C)C(=O)N2CCNC2=O)oc2ccccc12. The van der Waals surface area contributed by atoms with Gasteiger partial charge in [0.15, 0.2) is 6.10 Å². The molecule has 1 aromatic carbocycles. The Kier molecular flexibility index (Phi) is 5.46. The Bertz CT molecular complexity index is 872. The summed E-state index contributed by atoms with van der Waals surface area (Å²) in [5, 5.41) is 3.29. The average molecular weight is 374 g/mol. The van der Waals surface area contributed by atoms with Crippen LogP contribution in [0, 0.1) is 0 Å². The molecule has 8 nitrogen and oxygen atoms in total. The summed E-state index contributed by atoms with van der Waals surface area (Å²) in [6.07, 6.45) is -1.15. The Hall–Kier alpha value is -2.87. The fourth-order valence-electron chi connectivity index (χ4n) is 2.82. The van der Waals surface area contributed by atoms with Crippen molar-refractivity contribution < 1.29 is 28.3 Å². The van der Waals surface area contributed by atoms with Crippen molar-refractivity contribution in [2.75, 3.05) is 13.1 Å². The highest BCUT2D eigenvalue weighted by Crippen LogP contribution is 2.28. The van der Waals surface area contributed by atoms with E-state index in [4.69, 9.17) is 13.9 Å². The second kappa shape index (κ2) is 7.79. The number of esters is 1. The van der Waals surface area contributed by atoms with Crippen LogP contribution < -0.4 is 5.32 Å². The molecule has 8 heteroatoms. The number of fused-ring (bicyclic) bond motifs is 1. The topological polar surface area (TPSA) is 98.1 Å². The van der Waals surface area contributed by atoms with E-state index >= 15 is 0 Å². The van der Waals surface area contributed by atoms with Gasteiger partial charge in [0, 0.05) is 24.0 Å². The number of rotatable bonds is 6. The Morgan fingerprint density at radius 3 is 2.67 bits per heavy atom. The van der Waals surface area contributed by atoms with Gasteiger partial charge in [-0.1, -0.05) is 18.2 Å². The van der Waals surface area contributed by atoms with Gasteiger partial charge in [0.2, 0.25) is 5.76 Å². The third kappa shape index (κ3) is 3.95. The smallest absolute Gasteiger partial charge is 0.375 e. The maximum atomic E-state index is 12.6. The molecular formula is C19H22N2O6. The molecule has 27 heavy (non-hydrogen) atoms. The van der Waals surface area contributed by atoms with E-state index in [1.54, 1.807) is 12.1 Å². The van der Waals surface area contributed by atoms with Crippen LogP contribution in [0.3, 0.4) is 0 Å². The number of ether oxygens (including phenoxy) is 2. The number of nitrogens with one attached hydrogen (secondary N) is 1. The maximum absolute atomic E-state index is 12.6. The molecule has 1 fully saturated rings. The first-order valence-electron chi connectivity index (χ1n) is 8.80. The number of urea groups is 1. The van der Waals surface area contributed by atoms with Crippen LogP contribution >= 0.6 is 0 Å². The second-order valence-electron chi connectivity index (χ2n) is 6.54. The van der Waals surface area contributed by atoms with Crippen LogP contribution in [0.4, 0.5) is 4.79 Å². The lowest BCUT2D eigenvalue weighted by Gasteiger charge is -2.18. The Labute approximate surface area is 156 Å². The molecule has 0 radical (unpaired) electrons. The summed E-state index contributed by atoms with van der Waals surface area (Å²) >= 11 is 0. The molecule has 2 heterocycles. The zero-order valence-electron chi connectivity index (χ0n) is 15.5. The van der Waals surface area contributed by atoms with Crippen molar-refractivity contribution in [3.8, 4) is 0 Å². The van der Waals surface area contributed by atoms with Gasteiger partial charge in [0.1, 0.15) is 5.58 Å². The van der Waals surface area contributed by atoms with Crippen LogP contribution in [0.15, 0.2) is 28.7 Å². The summed E-state index contributed by atoms with van der Waals surface area (Å²) in [7, 11) is 0. The maximum Gasteiger partial charge on any atom is 0.375 e. The molecule has 1 N–H and O–H groups in total. The van der Waals surface area contributed by atoms with Gasteiger partial charge in [0.05, 0.1) is 12.7 Å². The van der Waals surface area contributed by atoms with Gasteiger partial charge in [-0.15, -0.1) is 0 Å². The van der Waals surface area contributed by atoms with Crippen molar-refractivity contribution in [1.82, 2.24) is 10.2 Å². The normalized spacial score (nSPS) is 15.3. The van der Waals surface area contributed by atoms with Gasteiger partial charge < -0.3 is 19.2 Å². The summed E-state index contributed by atoms with van der Waals surface area (Å²) < 4.78 is 16.6. The Morgan fingerprint density at radius 2 is 2.00 bits per heavy atom. The largest absolute Gasteiger partial charge is 0.449 e. The number of para-hydroxylation sites is 1. The molecule has 2 aromatic rings. The number of carbonyl (C=O) groups excluding carboxylic acids is 3. The second-order valence-corrected chi connectivity index (χ2v) is 6.54. The summed E-state index contributed by atoms with van der Waals surface area (Å²) in [6, 6.07) is 6.72. The molecule has 3 rings (SSSR count). The van der Waals surface area contributed by atoms with E-state index in [9.17, 15) is 14.4 Å². The molecule has 1 unspecified atom stereocenters. The van der Waals surface area contributed by atoms with Crippen molar-refractivity contribution in [1.29, 1.82) is 0 Å². The predicted octanol–water partition coefficient (Wildman–Crippen LogP) is 2.45. The van der Waals surface area contributed by atoms with Crippen LogP contribution in [-0.2, 0) is 20.9 Å². The molecule has 1 aromatic heterocycles. The molecule has 0 aliphatic carbocycles. The number of hydrogen-bond donors (Lipinski definition) is 1. The molecule has 0 spiro atoms. The lowest BCUT2D eigenvalue weighted by atomic mass is 10.1. The van der Waals surface area contributed by atoms with E-state index in [0.717, 1.165) is 10.3 Å². The number of furan rings is 1. The first-order valence-corrected chi connectivity index (χ1v) is 8.80. The standard InChI is InChI=1S/C19H22N2O6/c1-11(2)25-10-14-13-6-4-5-7-15(13)27-16(14)18(23)26-12(3)17(22)21-9-8-20-19(21)24/h4-7,11-12H,8-10H2,1-3H3,(H,20,24). The molecule has 1 atom stereocenters. The zero-order valence-corrected chi connectivity index (χ0v) is 15.5. The highest BCUT2D eigenvalue weighted by atomic mass is 16.6. The van der Waals surface area contributed by atoms with Crippen LogP contribution in [0.1, 0.15) is 36.9 Å². The van der Waals surface area contributed by atoms with Gasteiger partial charge in [-0.2, -0.15) is 0 Å². The zero-order chi connectivity index (χ0) is 19.6. The van der Waals surface area contributed by atoms with E-state index < -0.39 is 24.0 Å². The van der Waals surface area contributed by atoms with Crippen LogP contribution in [0.5, 0.6) is 0 Å². The first kappa shape index (κ1) is 18.9. The minimum atomic E-state index is -1.12. The molecule has 0 saturated carbocycles. The molecular weight excluding hydrogens is 352 g/mol. The van der Waals surface area contributed by atoms with E-state index in [1.807, 2.05) is 26.0 Å². The highest BCUT2D eigenvalue weighted by Gasteiger charge is 2.33.